The molecule has 0 saturated heterocycles. The number of anilines is 3. The number of nitrogens with zero attached hydrogens (tertiary/aromatic N) is 1. The van der Waals surface area contributed by atoms with Gasteiger partial charge in [0.05, 0.1) is 5.69 Å². The molecule has 2 heterocycles. The van der Waals surface area contributed by atoms with Crippen molar-refractivity contribution in [2.24, 2.45) is 0 Å². The number of rotatable bonds is 5. The van der Waals surface area contributed by atoms with Crippen LogP contribution in [0.5, 0.6) is 0 Å². The van der Waals surface area contributed by atoms with Gasteiger partial charge in [-0.15, -0.1) is 22.7 Å². The van der Waals surface area contributed by atoms with Crippen LogP contribution < -0.4 is 4.90 Å². The molecular formula is C42H27NS2. The standard InChI is InChI=1S/C42H27NS2/c1-3-12-28(13-4-1)32-18-11-19-37(42(32)29-22-25-40-36(26-29)34-17-8-10-21-39(34)44-40)43(30-14-5-2-6-15-30)31-23-24-35-33-16-7-9-20-38(33)45-41(35)27-31/h1-27H. The Balaban J connectivity index is 1.34. The first kappa shape index (κ1) is 26.2. The topological polar surface area (TPSA) is 3.24 Å². The Morgan fingerprint density at radius 1 is 0.356 bits per heavy atom. The van der Waals surface area contributed by atoms with Crippen molar-refractivity contribution in [1.82, 2.24) is 0 Å². The van der Waals surface area contributed by atoms with E-state index in [-0.39, 0.29) is 0 Å². The van der Waals surface area contributed by atoms with E-state index in [4.69, 9.17) is 0 Å². The Kier molecular flexibility index (Phi) is 6.26. The minimum atomic E-state index is 1.13. The van der Waals surface area contributed by atoms with Crippen LogP contribution in [0.2, 0.25) is 0 Å². The molecule has 0 aliphatic heterocycles. The van der Waals surface area contributed by atoms with E-state index in [0.29, 0.717) is 0 Å². The second kappa shape index (κ2) is 10.7. The van der Waals surface area contributed by atoms with E-state index in [1.807, 2.05) is 22.7 Å². The number of hydrogen-bond acceptors (Lipinski definition) is 3. The highest BCUT2D eigenvalue weighted by Crippen LogP contribution is 2.48. The lowest BCUT2D eigenvalue weighted by molar-refractivity contribution is 1.29. The van der Waals surface area contributed by atoms with Crippen LogP contribution in [0, 0.1) is 0 Å². The minimum Gasteiger partial charge on any atom is -0.310 e. The molecule has 0 saturated carbocycles. The Bertz CT molecular complexity index is 2490. The van der Waals surface area contributed by atoms with Crippen molar-refractivity contribution in [3.8, 4) is 22.3 Å². The Labute approximate surface area is 269 Å². The summed E-state index contributed by atoms with van der Waals surface area (Å²) in [6.45, 7) is 0. The molecule has 1 nitrogen and oxygen atoms in total. The summed E-state index contributed by atoms with van der Waals surface area (Å²) in [5.41, 5.74) is 8.29. The van der Waals surface area contributed by atoms with Gasteiger partial charge in [0.25, 0.3) is 0 Å². The predicted octanol–water partition coefficient (Wildman–Crippen LogP) is 13.2. The molecule has 0 aliphatic rings. The van der Waals surface area contributed by atoms with Gasteiger partial charge in [-0.2, -0.15) is 0 Å². The van der Waals surface area contributed by atoms with Crippen LogP contribution in [0.3, 0.4) is 0 Å². The van der Waals surface area contributed by atoms with Crippen LogP contribution in [-0.2, 0) is 0 Å². The van der Waals surface area contributed by atoms with Crippen molar-refractivity contribution in [1.29, 1.82) is 0 Å². The molecule has 0 atom stereocenters. The smallest absolute Gasteiger partial charge is 0.0546 e. The molecule has 212 valence electrons. The summed E-state index contributed by atoms with van der Waals surface area (Å²) in [7, 11) is 0. The van der Waals surface area contributed by atoms with E-state index in [9.17, 15) is 0 Å². The quantitative estimate of drug-likeness (QED) is 0.188. The third-order valence-electron chi connectivity index (χ3n) is 8.67. The maximum Gasteiger partial charge on any atom is 0.0546 e. The fourth-order valence-corrected chi connectivity index (χ4v) is 8.85. The first-order valence-electron chi connectivity index (χ1n) is 15.2. The van der Waals surface area contributed by atoms with Gasteiger partial charge in [-0.25, -0.2) is 0 Å². The average Bonchev–Trinajstić information content (AvgIpc) is 3.67. The molecule has 3 heteroatoms. The van der Waals surface area contributed by atoms with Gasteiger partial charge < -0.3 is 4.90 Å². The molecule has 2 aromatic heterocycles. The van der Waals surface area contributed by atoms with Crippen molar-refractivity contribution in [3.05, 3.63) is 164 Å². The summed E-state index contributed by atoms with van der Waals surface area (Å²) in [4.78, 5) is 2.43. The summed E-state index contributed by atoms with van der Waals surface area (Å²) in [5.74, 6) is 0. The van der Waals surface area contributed by atoms with Crippen LogP contribution in [-0.4, -0.2) is 0 Å². The van der Waals surface area contributed by atoms with Gasteiger partial charge in [-0.1, -0.05) is 109 Å². The first-order chi connectivity index (χ1) is 22.3. The van der Waals surface area contributed by atoms with Crippen LogP contribution in [0.4, 0.5) is 17.1 Å². The largest absolute Gasteiger partial charge is 0.310 e. The highest BCUT2D eigenvalue weighted by Gasteiger charge is 2.22. The summed E-state index contributed by atoms with van der Waals surface area (Å²) < 4.78 is 5.25. The van der Waals surface area contributed by atoms with Gasteiger partial charge in [-0.05, 0) is 71.3 Å². The normalized spacial score (nSPS) is 11.6. The van der Waals surface area contributed by atoms with Gasteiger partial charge in [0.1, 0.15) is 0 Å². The lowest BCUT2D eigenvalue weighted by Gasteiger charge is -2.29. The molecule has 45 heavy (non-hydrogen) atoms. The van der Waals surface area contributed by atoms with Crippen LogP contribution in [0.15, 0.2) is 164 Å². The zero-order valence-corrected chi connectivity index (χ0v) is 26.0. The number of benzene rings is 7. The van der Waals surface area contributed by atoms with E-state index >= 15 is 0 Å². The maximum absolute atomic E-state index is 2.43. The summed E-state index contributed by atoms with van der Waals surface area (Å²) in [5, 5.41) is 5.24. The van der Waals surface area contributed by atoms with Crippen molar-refractivity contribution >= 4 is 80.1 Å². The average molecular weight is 610 g/mol. The van der Waals surface area contributed by atoms with E-state index in [0.717, 1.165) is 17.1 Å². The molecule has 0 spiro atoms. The highest BCUT2D eigenvalue weighted by molar-refractivity contribution is 7.26. The van der Waals surface area contributed by atoms with Crippen molar-refractivity contribution in [3.63, 3.8) is 0 Å². The lowest BCUT2D eigenvalue weighted by Crippen LogP contribution is -2.11. The Morgan fingerprint density at radius 3 is 1.76 bits per heavy atom. The van der Waals surface area contributed by atoms with Gasteiger partial charge in [0.15, 0.2) is 0 Å². The van der Waals surface area contributed by atoms with E-state index in [1.165, 1.54) is 62.6 Å². The molecule has 0 aliphatic carbocycles. The Hall–Kier alpha value is -5.22. The zero-order chi connectivity index (χ0) is 29.7. The number of fused-ring (bicyclic) bond motifs is 6. The predicted molar refractivity (Wildman–Crippen MR) is 198 cm³/mol. The summed E-state index contributed by atoms with van der Waals surface area (Å²) >= 11 is 3.73. The summed E-state index contributed by atoms with van der Waals surface area (Å²) in [6, 6.07) is 59.7. The number of para-hydroxylation sites is 1. The molecule has 0 bridgehead atoms. The van der Waals surface area contributed by atoms with E-state index in [1.54, 1.807) is 0 Å². The molecule has 0 fully saturated rings. The van der Waals surface area contributed by atoms with Crippen molar-refractivity contribution in [2.45, 2.75) is 0 Å². The van der Waals surface area contributed by atoms with Gasteiger partial charge in [0.2, 0.25) is 0 Å². The van der Waals surface area contributed by atoms with Crippen LogP contribution in [0.25, 0.3) is 62.6 Å². The molecule has 0 radical (unpaired) electrons. The fraction of sp³-hybridized carbons (Fsp3) is 0. The SMILES string of the molecule is c1ccc(-c2cccc(N(c3ccccc3)c3ccc4c(c3)sc3ccccc34)c2-c2ccc3sc4ccccc4c3c2)cc1. The van der Waals surface area contributed by atoms with Crippen molar-refractivity contribution in [2.75, 3.05) is 4.90 Å². The molecular weight excluding hydrogens is 583 g/mol. The molecule has 0 unspecified atom stereocenters. The van der Waals surface area contributed by atoms with E-state index in [2.05, 4.69) is 169 Å². The molecule has 0 amide bonds. The summed E-state index contributed by atoms with van der Waals surface area (Å²) in [6.07, 6.45) is 0. The molecule has 9 rings (SSSR count). The molecule has 7 aromatic carbocycles. The molecule has 0 N–H and O–H groups in total. The van der Waals surface area contributed by atoms with Gasteiger partial charge in [0, 0.05) is 57.3 Å². The van der Waals surface area contributed by atoms with Crippen LogP contribution in [0.1, 0.15) is 0 Å². The number of hydrogen-bond donors (Lipinski definition) is 0. The fourth-order valence-electron chi connectivity index (χ4n) is 6.63. The molecule has 9 aromatic rings. The lowest BCUT2D eigenvalue weighted by atomic mass is 9.91. The minimum absolute atomic E-state index is 1.13. The van der Waals surface area contributed by atoms with Crippen LogP contribution >= 0.6 is 22.7 Å². The van der Waals surface area contributed by atoms with Crippen molar-refractivity contribution < 1.29 is 0 Å². The number of thiophene rings is 2. The second-order valence-corrected chi connectivity index (χ2v) is 13.5. The monoisotopic (exact) mass is 609 g/mol. The first-order valence-corrected chi connectivity index (χ1v) is 16.8. The van der Waals surface area contributed by atoms with E-state index < -0.39 is 0 Å². The Morgan fingerprint density at radius 2 is 0.978 bits per heavy atom. The zero-order valence-electron chi connectivity index (χ0n) is 24.4. The van der Waals surface area contributed by atoms with Gasteiger partial charge >= 0.3 is 0 Å². The second-order valence-electron chi connectivity index (χ2n) is 11.3. The highest BCUT2D eigenvalue weighted by atomic mass is 32.1. The third kappa shape index (κ3) is 4.43. The van der Waals surface area contributed by atoms with Gasteiger partial charge in [-0.3, -0.25) is 0 Å². The third-order valence-corrected chi connectivity index (χ3v) is 11.0. The maximum atomic E-state index is 2.43.